The third kappa shape index (κ3) is 2.04. The minimum absolute atomic E-state index is 0.161. The van der Waals surface area contributed by atoms with E-state index in [2.05, 4.69) is 17.3 Å². The molecule has 1 heterocycles. The van der Waals surface area contributed by atoms with Crippen molar-refractivity contribution in [1.82, 2.24) is 10.2 Å². The van der Waals surface area contributed by atoms with Crippen molar-refractivity contribution in [1.29, 1.82) is 0 Å². The predicted octanol–water partition coefficient (Wildman–Crippen LogP) is 0.00590. The maximum Gasteiger partial charge on any atom is 0.331 e. The molecule has 2 bridgehead atoms. The number of carbonyl (C=O) groups excluding carboxylic acids is 2. The molecule has 5 nitrogen and oxygen atoms in total. The van der Waals surface area contributed by atoms with Crippen LogP contribution in [0.25, 0.3) is 0 Å². The summed E-state index contributed by atoms with van der Waals surface area (Å²) in [6.07, 6.45) is 1.70. The van der Waals surface area contributed by atoms with E-state index in [0.29, 0.717) is 12.3 Å². The molecule has 2 aliphatic rings. The third-order valence-corrected chi connectivity index (χ3v) is 3.98. The van der Waals surface area contributed by atoms with E-state index >= 15 is 0 Å². The van der Waals surface area contributed by atoms with Crippen LogP contribution in [-0.4, -0.2) is 49.6 Å². The Labute approximate surface area is 101 Å². The molecule has 1 saturated carbocycles. The van der Waals surface area contributed by atoms with E-state index in [-0.39, 0.29) is 17.8 Å². The molecule has 0 aromatic carbocycles. The lowest BCUT2D eigenvalue weighted by Crippen LogP contribution is -2.58. The summed E-state index contributed by atoms with van der Waals surface area (Å²) in [5.74, 6) is 0.188. The molecule has 0 aromatic heterocycles. The topological polar surface area (TPSA) is 58.6 Å². The molecule has 2 rings (SSSR count). The third-order valence-electron chi connectivity index (χ3n) is 3.98. The Hall–Kier alpha value is -1.10. The van der Waals surface area contributed by atoms with E-state index in [1.807, 2.05) is 0 Å². The Bertz CT molecular complexity index is 345. The van der Waals surface area contributed by atoms with Crippen molar-refractivity contribution in [3.63, 3.8) is 0 Å². The smallest absolute Gasteiger partial charge is 0.331 e. The molecule has 1 aliphatic carbocycles. The highest BCUT2D eigenvalue weighted by molar-refractivity contribution is 5.88. The second kappa shape index (κ2) is 4.29. The van der Waals surface area contributed by atoms with Crippen molar-refractivity contribution in [2.24, 2.45) is 11.8 Å². The molecule has 1 N–H and O–H groups in total. The van der Waals surface area contributed by atoms with Crippen LogP contribution in [0.4, 0.5) is 0 Å². The van der Waals surface area contributed by atoms with Crippen LogP contribution in [0.1, 0.15) is 19.8 Å². The molecule has 96 valence electrons. The van der Waals surface area contributed by atoms with Crippen LogP contribution in [0.2, 0.25) is 0 Å². The first-order chi connectivity index (χ1) is 7.98. The van der Waals surface area contributed by atoms with Gasteiger partial charge in [0.25, 0.3) is 0 Å². The van der Waals surface area contributed by atoms with Crippen molar-refractivity contribution in [2.75, 3.05) is 27.2 Å². The average Bonchev–Trinajstić information content (AvgIpc) is 2.49. The molecule has 1 amide bonds. The van der Waals surface area contributed by atoms with Crippen molar-refractivity contribution < 1.29 is 14.3 Å². The number of hydrogen-bond donors (Lipinski definition) is 1. The fourth-order valence-electron chi connectivity index (χ4n) is 3.52. The Morgan fingerprint density at radius 2 is 2.12 bits per heavy atom. The van der Waals surface area contributed by atoms with E-state index in [9.17, 15) is 9.59 Å². The van der Waals surface area contributed by atoms with Gasteiger partial charge in [0.2, 0.25) is 5.91 Å². The molecule has 1 aliphatic heterocycles. The zero-order valence-corrected chi connectivity index (χ0v) is 10.7. The summed E-state index contributed by atoms with van der Waals surface area (Å²) in [6.45, 7) is 3.29. The fraction of sp³-hybridized carbons (Fsp3) is 0.833. The zero-order chi connectivity index (χ0) is 12.6. The van der Waals surface area contributed by atoms with Crippen molar-refractivity contribution in [3.8, 4) is 0 Å². The summed E-state index contributed by atoms with van der Waals surface area (Å²) < 4.78 is 4.91. The molecule has 5 heteroatoms. The average molecular weight is 240 g/mol. The monoisotopic (exact) mass is 240 g/mol. The highest BCUT2D eigenvalue weighted by atomic mass is 16.5. The number of piperidine rings is 1. The maximum atomic E-state index is 12.1. The SMILES string of the molecule is COC(=O)[C@]1(NC(C)=O)C[C@@H]2C[C@H]1CN(C)C2. The second-order valence-corrected chi connectivity index (χ2v) is 5.37. The van der Waals surface area contributed by atoms with E-state index < -0.39 is 5.54 Å². The van der Waals surface area contributed by atoms with Crippen LogP contribution >= 0.6 is 0 Å². The Kier molecular flexibility index (Phi) is 3.12. The van der Waals surface area contributed by atoms with E-state index in [4.69, 9.17) is 4.74 Å². The standard InChI is InChI=1S/C12H20N2O3/c1-8(15)13-12(11(16)17-3)5-9-4-10(12)7-14(2)6-9/h9-10H,4-7H2,1-3H3,(H,13,15)/t9-,10-,12-/m0/s1. The van der Waals surface area contributed by atoms with Crippen LogP contribution in [0.3, 0.4) is 0 Å². The number of rotatable bonds is 2. The summed E-state index contributed by atoms with van der Waals surface area (Å²) in [5, 5.41) is 2.86. The largest absolute Gasteiger partial charge is 0.467 e. The first kappa shape index (κ1) is 12.4. The van der Waals surface area contributed by atoms with Gasteiger partial charge in [-0.25, -0.2) is 4.79 Å². The Morgan fingerprint density at radius 3 is 2.71 bits per heavy atom. The predicted molar refractivity (Wildman–Crippen MR) is 62.3 cm³/mol. The van der Waals surface area contributed by atoms with Crippen LogP contribution in [0.15, 0.2) is 0 Å². The second-order valence-electron chi connectivity index (χ2n) is 5.37. The number of ether oxygens (including phenoxy) is 1. The minimum atomic E-state index is -0.796. The summed E-state index contributed by atoms with van der Waals surface area (Å²) in [6, 6.07) is 0. The maximum absolute atomic E-state index is 12.1. The van der Waals surface area contributed by atoms with Gasteiger partial charge in [-0.3, -0.25) is 4.79 Å². The number of hydrogen-bond acceptors (Lipinski definition) is 4. The zero-order valence-electron chi connectivity index (χ0n) is 10.7. The molecule has 1 saturated heterocycles. The lowest BCUT2D eigenvalue weighted by Gasteiger charge is -2.35. The molecule has 3 atom stereocenters. The number of nitrogens with one attached hydrogen (secondary N) is 1. The van der Waals surface area contributed by atoms with Gasteiger partial charge in [0.1, 0.15) is 5.54 Å². The van der Waals surface area contributed by atoms with Gasteiger partial charge in [0.15, 0.2) is 0 Å². The number of likely N-dealkylation sites (tertiary alicyclic amines) is 1. The molecular formula is C12H20N2O3. The van der Waals surface area contributed by atoms with Gasteiger partial charge in [-0.1, -0.05) is 0 Å². The highest BCUT2D eigenvalue weighted by Crippen LogP contribution is 2.44. The number of methoxy groups -OCH3 is 1. The van der Waals surface area contributed by atoms with Crippen molar-refractivity contribution >= 4 is 11.9 Å². The van der Waals surface area contributed by atoms with Gasteiger partial charge in [0, 0.05) is 25.9 Å². The fourth-order valence-corrected chi connectivity index (χ4v) is 3.52. The van der Waals surface area contributed by atoms with Crippen LogP contribution in [-0.2, 0) is 14.3 Å². The Morgan fingerprint density at radius 1 is 1.41 bits per heavy atom. The van der Waals surface area contributed by atoms with E-state index in [1.54, 1.807) is 0 Å². The van der Waals surface area contributed by atoms with Crippen LogP contribution < -0.4 is 5.32 Å². The Balaban J connectivity index is 2.28. The highest BCUT2D eigenvalue weighted by Gasteiger charge is 2.56. The first-order valence-corrected chi connectivity index (χ1v) is 6.03. The lowest BCUT2D eigenvalue weighted by molar-refractivity contribution is -0.152. The molecule has 17 heavy (non-hydrogen) atoms. The van der Waals surface area contributed by atoms with Gasteiger partial charge in [-0.2, -0.15) is 0 Å². The number of carbonyl (C=O) groups is 2. The summed E-state index contributed by atoms with van der Waals surface area (Å²) in [5.41, 5.74) is -0.796. The summed E-state index contributed by atoms with van der Waals surface area (Å²) in [7, 11) is 3.44. The molecule has 2 fully saturated rings. The first-order valence-electron chi connectivity index (χ1n) is 6.03. The summed E-state index contributed by atoms with van der Waals surface area (Å²) >= 11 is 0. The molecule has 0 spiro atoms. The molecule has 0 radical (unpaired) electrons. The number of esters is 1. The van der Waals surface area contributed by atoms with Crippen molar-refractivity contribution in [2.45, 2.75) is 25.3 Å². The molecular weight excluding hydrogens is 220 g/mol. The van der Waals surface area contributed by atoms with E-state index in [1.165, 1.54) is 14.0 Å². The minimum Gasteiger partial charge on any atom is -0.467 e. The number of fused-ring (bicyclic) bond motifs is 2. The normalized spacial score (nSPS) is 36.6. The number of nitrogens with zero attached hydrogens (tertiary/aromatic N) is 1. The van der Waals surface area contributed by atoms with E-state index in [0.717, 1.165) is 19.5 Å². The molecule has 0 unspecified atom stereocenters. The van der Waals surface area contributed by atoms with Gasteiger partial charge in [-0.05, 0) is 25.8 Å². The van der Waals surface area contributed by atoms with Gasteiger partial charge in [-0.15, -0.1) is 0 Å². The quantitative estimate of drug-likeness (QED) is 0.691. The molecule has 0 aromatic rings. The van der Waals surface area contributed by atoms with Gasteiger partial charge >= 0.3 is 5.97 Å². The lowest BCUT2D eigenvalue weighted by atomic mass is 9.86. The van der Waals surface area contributed by atoms with Gasteiger partial charge in [0.05, 0.1) is 7.11 Å². The van der Waals surface area contributed by atoms with Crippen LogP contribution in [0, 0.1) is 11.8 Å². The number of amides is 1. The van der Waals surface area contributed by atoms with Gasteiger partial charge < -0.3 is 15.0 Å². The summed E-state index contributed by atoms with van der Waals surface area (Å²) in [4.78, 5) is 25.7. The van der Waals surface area contributed by atoms with Crippen LogP contribution in [0.5, 0.6) is 0 Å². The van der Waals surface area contributed by atoms with Crippen molar-refractivity contribution in [3.05, 3.63) is 0 Å².